The fourth-order valence-electron chi connectivity index (χ4n) is 2.51. The second-order valence-electron chi connectivity index (χ2n) is 5.47. The van der Waals surface area contributed by atoms with Crippen LogP contribution in [-0.2, 0) is 13.1 Å². The van der Waals surface area contributed by atoms with Gasteiger partial charge < -0.3 is 9.47 Å². The van der Waals surface area contributed by atoms with Crippen LogP contribution in [0.2, 0.25) is 10.0 Å². The van der Waals surface area contributed by atoms with E-state index in [1.807, 2.05) is 46.5 Å². The number of benzene rings is 1. The summed E-state index contributed by atoms with van der Waals surface area (Å²) in [5, 5.41) is 3.03. The molecule has 1 aromatic carbocycles. The highest BCUT2D eigenvalue weighted by Gasteiger charge is 2.17. The Balaban J connectivity index is 1.77. The van der Waals surface area contributed by atoms with Gasteiger partial charge in [-0.2, -0.15) is 0 Å². The number of thiophene rings is 1. The summed E-state index contributed by atoms with van der Waals surface area (Å²) in [6.45, 7) is 1.10. The van der Waals surface area contributed by atoms with E-state index < -0.39 is 0 Å². The molecule has 3 nitrogen and oxygen atoms in total. The quantitative estimate of drug-likeness (QED) is 0.600. The molecule has 2 aromatic heterocycles. The number of halogens is 2. The van der Waals surface area contributed by atoms with Crippen LogP contribution in [0.1, 0.15) is 20.9 Å². The Morgan fingerprint density at radius 1 is 1.17 bits per heavy atom. The first kappa shape index (κ1) is 17.1. The van der Waals surface area contributed by atoms with Crippen molar-refractivity contribution in [1.82, 2.24) is 9.47 Å². The number of carbonyl (C=O) groups excluding carboxylic acids is 1. The van der Waals surface area contributed by atoms with Crippen LogP contribution in [0.15, 0.2) is 54.0 Å². The van der Waals surface area contributed by atoms with Gasteiger partial charge in [0.1, 0.15) is 5.69 Å². The van der Waals surface area contributed by atoms with Crippen LogP contribution in [0.4, 0.5) is 0 Å². The number of rotatable bonds is 5. The lowest BCUT2D eigenvalue weighted by Crippen LogP contribution is -2.28. The molecule has 1 amide bonds. The smallest absolute Gasteiger partial charge is 0.270 e. The van der Waals surface area contributed by atoms with Gasteiger partial charge in [0.05, 0.1) is 16.6 Å². The van der Waals surface area contributed by atoms with Gasteiger partial charge in [-0.25, -0.2) is 0 Å². The molecule has 3 rings (SSSR count). The first-order chi connectivity index (χ1) is 11.6. The molecule has 3 aromatic rings. The molecule has 0 saturated carbocycles. The number of amides is 1. The molecule has 0 atom stereocenters. The van der Waals surface area contributed by atoms with Crippen LogP contribution >= 0.6 is 34.5 Å². The highest BCUT2D eigenvalue weighted by molar-refractivity contribution is 7.09. The Morgan fingerprint density at radius 2 is 2.00 bits per heavy atom. The number of hydrogen-bond donors (Lipinski definition) is 0. The maximum Gasteiger partial charge on any atom is 0.270 e. The molecule has 0 aliphatic heterocycles. The summed E-state index contributed by atoms with van der Waals surface area (Å²) in [6.07, 6.45) is 1.92. The van der Waals surface area contributed by atoms with Gasteiger partial charge in [0, 0.05) is 24.7 Å². The molecule has 24 heavy (non-hydrogen) atoms. The average molecular weight is 379 g/mol. The molecule has 0 fully saturated rings. The second-order valence-corrected chi connectivity index (χ2v) is 7.29. The predicted octanol–water partition coefficient (Wildman–Crippen LogP) is 5.18. The predicted molar refractivity (Wildman–Crippen MR) is 100 cm³/mol. The zero-order chi connectivity index (χ0) is 17.1. The fourth-order valence-corrected chi connectivity index (χ4v) is 3.59. The summed E-state index contributed by atoms with van der Waals surface area (Å²) in [5.74, 6) is -0.0485. The number of hydrogen-bond acceptors (Lipinski definition) is 2. The molecule has 0 saturated heterocycles. The second kappa shape index (κ2) is 7.43. The highest BCUT2D eigenvalue weighted by atomic mass is 35.5. The Morgan fingerprint density at radius 3 is 2.75 bits per heavy atom. The average Bonchev–Trinajstić information content (AvgIpc) is 3.23. The van der Waals surface area contributed by atoms with E-state index in [1.54, 1.807) is 29.4 Å². The molecular weight excluding hydrogens is 363 g/mol. The van der Waals surface area contributed by atoms with Crippen LogP contribution in [0.5, 0.6) is 0 Å². The van der Waals surface area contributed by atoms with Crippen molar-refractivity contribution < 1.29 is 4.79 Å². The van der Waals surface area contributed by atoms with Crippen molar-refractivity contribution in [3.05, 3.63) is 80.2 Å². The van der Waals surface area contributed by atoms with E-state index in [-0.39, 0.29) is 5.91 Å². The maximum atomic E-state index is 12.8. The van der Waals surface area contributed by atoms with Crippen molar-refractivity contribution in [2.75, 3.05) is 7.05 Å². The van der Waals surface area contributed by atoms with Gasteiger partial charge >= 0.3 is 0 Å². The van der Waals surface area contributed by atoms with Gasteiger partial charge in [0.15, 0.2) is 0 Å². The lowest BCUT2D eigenvalue weighted by molar-refractivity contribution is 0.0775. The van der Waals surface area contributed by atoms with Crippen molar-refractivity contribution >= 4 is 40.4 Å². The minimum Gasteiger partial charge on any atom is -0.338 e. The minimum absolute atomic E-state index is 0.0485. The summed E-state index contributed by atoms with van der Waals surface area (Å²) < 4.78 is 1.96. The zero-order valence-corrected chi connectivity index (χ0v) is 15.4. The molecule has 0 bridgehead atoms. The molecule has 0 N–H and O–H groups in total. The standard InChI is InChI=1S/C18H16Cl2N2OS/c1-21(11-13-5-2-7-15(19)17(13)20)18(23)16-8-3-9-22(16)12-14-6-4-10-24-14/h2-10H,11-12H2,1H3. The van der Waals surface area contributed by atoms with Crippen LogP contribution < -0.4 is 0 Å². The summed E-state index contributed by atoms with van der Waals surface area (Å²) in [4.78, 5) is 15.6. The molecule has 0 radical (unpaired) electrons. The Hall–Kier alpha value is -1.75. The van der Waals surface area contributed by atoms with E-state index >= 15 is 0 Å². The minimum atomic E-state index is -0.0485. The van der Waals surface area contributed by atoms with Gasteiger partial charge in [-0.15, -0.1) is 11.3 Å². The van der Waals surface area contributed by atoms with E-state index in [0.29, 0.717) is 28.8 Å². The lowest BCUT2D eigenvalue weighted by atomic mass is 10.2. The first-order valence-electron chi connectivity index (χ1n) is 7.42. The van der Waals surface area contributed by atoms with Crippen LogP contribution in [0.25, 0.3) is 0 Å². The van der Waals surface area contributed by atoms with Gasteiger partial charge in [-0.3, -0.25) is 4.79 Å². The normalized spacial score (nSPS) is 10.8. The van der Waals surface area contributed by atoms with E-state index in [2.05, 4.69) is 6.07 Å². The molecule has 6 heteroatoms. The number of nitrogens with zero attached hydrogens (tertiary/aromatic N) is 2. The molecule has 0 aliphatic carbocycles. The van der Waals surface area contributed by atoms with Crippen LogP contribution in [-0.4, -0.2) is 22.4 Å². The van der Waals surface area contributed by atoms with Gasteiger partial charge in [-0.05, 0) is 35.2 Å². The van der Waals surface area contributed by atoms with Gasteiger partial charge in [0.2, 0.25) is 0 Å². The summed E-state index contributed by atoms with van der Waals surface area (Å²) in [7, 11) is 1.77. The molecule has 2 heterocycles. The van der Waals surface area contributed by atoms with E-state index in [9.17, 15) is 4.79 Å². The number of carbonyl (C=O) groups is 1. The molecular formula is C18H16Cl2N2OS. The Kier molecular flexibility index (Phi) is 5.29. The van der Waals surface area contributed by atoms with Gasteiger partial charge in [-0.1, -0.05) is 41.4 Å². The molecule has 124 valence electrons. The lowest BCUT2D eigenvalue weighted by Gasteiger charge is -2.19. The monoisotopic (exact) mass is 378 g/mol. The summed E-state index contributed by atoms with van der Waals surface area (Å²) in [6, 6.07) is 13.3. The summed E-state index contributed by atoms with van der Waals surface area (Å²) in [5.41, 5.74) is 1.49. The third-order valence-electron chi connectivity index (χ3n) is 3.74. The fraction of sp³-hybridized carbons (Fsp3) is 0.167. The van der Waals surface area contributed by atoms with Crippen molar-refractivity contribution in [2.45, 2.75) is 13.1 Å². The molecule has 0 unspecified atom stereocenters. The summed E-state index contributed by atoms with van der Waals surface area (Å²) >= 11 is 13.9. The maximum absolute atomic E-state index is 12.8. The van der Waals surface area contributed by atoms with Crippen molar-refractivity contribution in [3.8, 4) is 0 Å². The molecule has 0 spiro atoms. The SMILES string of the molecule is CN(Cc1cccc(Cl)c1Cl)C(=O)c1cccn1Cc1cccs1. The van der Waals surface area contributed by atoms with E-state index in [4.69, 9.17) is 23.2 Å². The Bertz CT molecular complexity index is 843. The van der Waals surface area contributed by atoms with Crippen molar-refractivity contribution in [2.24, 2.45) is 0 Å². The Labute approximate surface area is 155 Å². The largest absolute Gasteiger partial charge is 0.338 e. The van der Waals surface area contributed by atoms with Gasteiger partial charge in [0.25, 0.3) is 5.91 Å². The van der Waals surface area contributed by atoms with Crippen molar-refractivity contribution in [1.29, 1.82) is 0 Å². The molecule has 0 aliphatic rings. The van der Waals surface area contributed by atoms with E-state index in [1.165, 1.54) is 4.88 Å². The first-order valence-corrected chi connectivity index (χ1v) is 9.05. The van der Waals surface area contributed by atoms with E-state index in [0.717, 1.165) is 5.56 Å². The topological polar surface area (TPSA) is 25.2 Å². The number of aromatic nitrogens is 1. The van der Waals surface area contributed by atoms with Crippen LogP contribution in [0, 0.1) is 0 Å². The zero-order valence-electron chi connectivity index (χ0n) is 13.1. The highest BCUT2D eigenvalue weighted by Crippen LogP contribution is 2.26. The van der Waals surface area contributed by atoms with Crippen LogP contribution in [0.3, 0.4) is 0 Å². The third kappa shape index (κ3) is 3.66. The van der Waals surface area contributed by atoms with Crippen molar-refractivity contribution in [3.63, 3.8) is 0 Å². The third-order valence-corrected chi connectivity index (χ3v) is 5.46.